The molecule has 0 radical (unpaired) electrons. The first-order valence-electron chi connectivity index (χ1n) is 9.29. The number of carbonyl (C=O) groups is 1. The smallest absolute Gasteiger partial charge is 0.222 e. The minimum atomic E-state index is -0.0742. The summed E-state index contributed by atoms with van der Waals surface area (Å²) in [5.74, 6) is 2.59. The van der Waals surface area contributed by atoms with Gasteiger partial charge in [-0.3, -0.25) is 4.79 Å². The lowest BCUT2D eigenvalue weighted by atomic mass is 9.47. The van der Waals surface area contributed by atoms with Gasteiger partial charge in [-0.25, -0.2) is 0 Å². The molecule has 7 atom stereocenters. The van der Waals surface area contributed by atoms with Crippen molar-refractivity contribution in [3.8, 4) is 0 Å². The summed E-state index contributed by atoms with van der Waals surface area (Å²) < 4.78 is 0. The SMILES string of the molecule is CN1C(=O)CC[C@]2(C)C3CCC4(C)C[C@@H](O)CC4C3CCC12. The second kappa shape index (κ2) is 4.72. The van der Waals surface area contributed by atoms with Gasteiger partial charge in [0.2, 0.25) is 5.91 Å². The third-order valence-corrected chi connectivity index (χ3v) is 8.30. The molecule has 1 aliphatic heterocycles. The number of aliphatic hydroxyl groups is 1. The minimum Gasteiger partial charge on any atom is -0.393 e. The Morgan fingerprint density at radius 1 is 1.14 bits per heavy atom. The van der Waals surface area contributed by atoms with Gasteiger partial charge >= 0.3 is 0 Å². The summed E-state index contributed by atoms with van der Waals surface area (Å²) in [6.07, 6.45) is 8.78. The fourth-order valence-corrected chi connectivity index (χ4v) is 7.17. The number of hydrogen-bond acceptors (Lipinski definition) is 2. The lowest BCUT2D eigenvalue weighted by Crippen LogP contribution is -2.61. The van der Waals surface area contributed by atoms with Crippen molar-refractivity contribution in [3.05, 3.63) is 0 Å². The van der Waals surface area contributed by atoms with Crippen LogP contribution in [0.1, 0.15) is 65.2 Å². The van der Waals surface area contributed by atoms with E-state index in [-0.39, 0.29) is 6.10 Å². The number of likely N-dealkylation sites (tertiary alicyclic amines) is 1. The van der Waals surface area contributed by atoms with Crippen molar-refractivity contribution in [1.29, 1.82) is 0 Å². The molecule has 4 fully saturated rings. The number of amides is 1. The standard InChI is InChI=1S/C19H31NO2/c1-18-8-6-14-13(15(18)10-12(21)11-18)4-5-16-19(14,2)9-7-17(22)20(16)3/h12-16,21H,4-11H2,1-3H3/t12-,13?,14?,15?,16?,18?,19+/m0/s1. The van der Waals surface area contributed by atoms with E-state index < -0.39 is 0 Å². The van der Waals surface area contributed by atoms with Gasteiger partial charge in [0, 0.05) is 19.5 Å². The van der Waals surface area contributed by atoms with E-state index in [1.165, 1.54) is 25.7 Å². The second-order valence-corrected chi connectivity index (χ2v) is 9.27. The van der Waals surface area contributed by atoms with E-state index in [0.717, 1.165) is 37.5 Å². The Bertz CT molecular complexity index is 492. The van der Waals surface area contributed by atoms with E-state index in [9.17, 15) is 9.90 Å². The molecular formula is C19H31NO2. The Kier molecular flexibility index (Phi) is 3.21. The third kappa shape index (κ3) is 1.87. The van der Waals surface area contributed by atoms with Gasteiger partial charge in [-0.15, -0.1) is 0 Å². The number of piperidine rings is 1. The second-order valence-electron chi connectivity index (χ2n) is 9.27. The average Bonchev–Trinajstić information content (AvgIpc) is 2.78. The van der Waals surface area contributed by atoms with Gasteiger partial charge in [-0.05, 0) is 73.5 Å². The Labute approximate surface area is 134 Å². The molecule has 0 aromatic heterocycles. The van der Waals surface area contributed by atoms with Crippen molar-refractivity contribution in [2.24, 2.45) is 28.6 Å². The van der Waals surface area contributed by atoms with Gasteiger partial charge in [0.25, 0.3) is 0 Å². The molecule has 0 aromatic rings. The quantitative estimate of drug-likeness (QED) is 0.746. The number of hydrogen-bond donors (Lipinski definition) is 1. The van der Waals surface area contributed by atoms with Crippen molar-refractivity contribution in [3.63, 3.8) is 0 Å². The monoisotopic (exact) mass is 305 g/mol. The van der Waals surface area contributed by atoms with Crippen LogP contribution >= 0.6 is 0 Å². The minimum absolute atomic E-state index is 0.0742. The molecule has 3 heteroatoms. The first kappa shape index (κ1) is 15.0. The summed E-state index contributed by atoms with van der Waals surface area (Å²) in [6, 6.07) is 0.450. The number of aliphatic hydroxyl groups excluding tert-OH is 1. The molecule has 4 rings (SSSR count). The van der Waals surface area contributed by atoms with Crippen molar-refractivity contribution >= 4 is 5.91 Å². The van der Waals surface area contributed by atoms with Crippen molar-refractivity contribution in [2.75, 3.05) is 7.05 Å². The molecule has 3 nitrogen and oxygen atoms in total. The van der Waals surface area contributed by atoms with Crippen LogP contribution in [0.4, 0.5) is 0 Å². The van der Waals surface area contributed by atoms with E-state index in [1.54, 1.807) is 0 Å². The van der Waals surface area contributed by atoms with Crippen molar-refractivity contribution < 1.29 is 9.90 Å². The van der Waals surface area contributed by atoms with Crippen LogP contribution in [0.2, 0.25) is 0 Å². The number of nitrogens with zero attached hydrogens (tertiary/aromatic N) is 1. The maximum Gasteiger partial charge on any atom is 0.222 e. The van der Waals surface area contributed by atoms with Crippen molar-refractivity contribution in [1.82, 2.24) is 4.90 Å². The molecule has 22 heavy (non-hydrogen) atoms. The van der Waals surface area contributed by atoms with Gasteiger partial charge < -0.3 is 10.0 Å². The van der Waals surface area contributed by atoms with Crippen LogP contribution in [0.25, 0.3) is 0 Å². The van der Waals surface area contributed by atoms with Gasteiger partial charge in [-0.2, -0.15) is 0 Å². The molecule has 0 spiro atoms. The van der Waals surface area contributed by atoms with Gasteiger partial charge in [-0.1, -0.05) is 13.8 Å². The Hall–Kier alpha value is -0.570. The molecule has 3 aliphatic carbocycles. The van der Waals surface area contributed by atoms with E-state index in [1.807, 2.05) is 7.05 Å². The zero-order valence-corrected chi connectivity index (χ0v) is 14.3. The van der Waals surface area contributed by atoms with Gasteiger partial charge in [0.1, 0.15) is 0 Å². The van der Waals surface area contributed by atoms with Crippen LogP contribution < -0.4 is 0 Å². The summed E-state index contributed by atoms with van der Waals surface area (Å²) in [5.41, 5.74) is 0.681. The predicted octanol–water partition coefficient (Wildman–Crippen LogP) is 3.21. The summed E-state index contributed by atoms with van der Waals surface area (Å²) in [7, 11) is 2.02. The van der Waals surface area contributed by atoms with Crippen LogP contribution in [0.3, 0.4) is 0 Å². The lowest BCUT2D eigenvalue weighted by Gasteiger charge is -2.61. The third-order valence-electron chi connectivity index (χ3n) is 8.30. The maximum absolute atomic E-state index is 12.1. The fourth-order valence-electron chi connectivity index (χ4n) is 7.17. The van der Waals surface area contributed by atoms with E-state index in [2.05, 4.69) is 18.7 Å². The Balaban J connectivity index is 1.65. The highest BCUT2D eigenvalue weighted by Gasteiger charge is 2.60. The molecule has 0 aromatic carbocycles. The molecular weight excluding hydrogens is 274 g/mol. The van der Waals surface area contributed by atoms with Crippen LogP contribution in [0, 0.1) is 28.6 Å². The zero-order chi connectivity index (χ0) is 15.7. The Morgan fingerprint density at radius 2 is 1.91 bits per heavy atom. The van der Waals surface area contributed by atoms with Crippen LogP contribution in [-0.4, -0.2) is 35.1 Å². The summed E-state index contributed by atoms with van der Waals surface area (Å²) in [6.45, 7) is 4.89. The first-order valence-corrected chi connectivity index (χ1v) is 9.29. The number of fused-ring (bicyclic) bond motifs is 5. The lowest BCUT2D eigenvalue weighted by molar-refractivity contribution is -0.156. The van der Waals surface area contributed by atoms with E-state index in [4.69, 9.17) is 0 Å². The normalized spacial score (nSPS) is 54.6. The largest absolute Gasteiger partial charge is 0.393 e. The van der Waals surface area contributed by atoms with Crippen molar-refractivity contribution in [2.45, 2.75) is 77.4 Å². The van der Waals surface area contributed by atoms with Crippen LogP contribution in [0.5, 0.6) is 0 Å². The van der Waals surface area contributed by atoms with Crippen LogP contribution in [-0.2, 0) is 4.79 Å². The summed E-state index contributed by atoms with van der Waals surface area (Å²) in [4.78, 5) is 14.2. The molecule has 1 heterocycles. The number of carbonyl (C=O) groups excluding carboxylic acids is 1. The zero-order valence-electron chi connectivity index (χ0n) is 14.3. The highest BCUT2D eigenvalue weighted by atomic mass is 16.3. The summed E-state index contributed by atoms with van der Waals surface area (Å²) in [5, 5.41) is 10.2. The first-order chi connectivity index (χ1) is 10.3. The van der Waals surface area contributed by atoms with E-state index >= 15 is 0 Å². The number of rotatable bonds is 0. The highest BCUT2D eigenvalue weighted by Crippen LogP contribution is 2.64. The Morgan fingerprint density at radius 3 is 2.68 bits per heavy atom. The maximum atomic E-state index is 12.1. The summed E-state index contributed by atoms with van der Waals surface area (Å²) >= 11 is 0. The van der Waals surface area contributed by atoms with Gasteiger partial charge in [0.15, 0.2) is 0 Å². The average molecular weight is 305 g/mol. The molecule has 4 aliphatic rings. The molecule has 0 bridgehead atoms. The van der Waals surface area contributed by atoms with Gasteiger partial charge in [0.05, 0.1) is 6.10 Å². The molecule has 1 amide bonds. The van der Waals surface area contributed by atoms with Crippen LogP contribution in [0.15, 0.2) is 0 Å². The highest BCUT2D eigenvalue weighted by molar-refractivity contribution is 5.77. The molecule has 5 unspecified atom stereocenters. The predicted molar refractivity (Wildman–Crippen MR) is 86.2 cm³/mol. The molecule has 124 valence electrons. The fraction of sp³-hybridized carbons (Fsp3) is 0.947. The molecule has 1 saturated heterocycles. The molecule has 3 saturated carbocycles. The topological polar surface area (TPSA) is 40.5 Å². The van der Waals surface area contributed by atoms with E-state index in [0.29, 0.717) is 28.7 Å². The molecule has 1 N–H and O–H groups in total.